The van der Waals surface area contributed by atoms with Gasteiger partial charge in [-0.3, -0.25) is 4.79 Å². The van der Waals surface area contributed by atoms with Crippen LogP contribution < -0.4 is 10.1 Å². The molecule has 1 aromatic carbocycles. The van der Waals surface area contributed by atoms with E-state index in [2.05, 4.69) is 32.2 Å². The molecule has 106 valence electrons. The normalized spacial score (nSPS) is 10.6. The van der Waals surface area contributed by atoms with Crippen LogP contribution in [-0.2, 0) is 11.2 Å². The zero-order chi connectivity index (χ0) is 14.3. The molecule has 3 heteroatoms. The summed E-state index contributed by atoms with van der Waals surface area (Å²) in [6.07, 6.45) is 2.36. The molecule has 0 aromatic heterocycles. The molecule has 19 heavy (non-hydrogen) atoms. The number of rotatable bonds is 7. The van der Waals surface area contributed by atoms with Gasteiger partial charge in [-0.1, -0.05) is 31.5 Å². The highest BCUT2D eigenvalue weighted by Gasteiger charge is 2.05. The first-order valence-electron chi connectivity index (χ1n) is 6.93. The minimum Gasteiger partial charge on any atom is -0.496 e. The zero-order valence-corrected chi connectivity index (χ0v) is 12.5. The number of methoxy groups -OCH3 is 1. The van der Waals surface area contributed by atoms with Gasteiger partial charge in [0, 0.05) is 13.0 Å². The number of aryl methyl sites for hydroxylation is 1. The monoisotopic (exact) mass is 263 g/mol. The van der Waals surface area contributed by atoms with Gasteiger partial charge in [0.2, 0.25) is 5.91 Å². The van der Waals surface area contributed by atoms with Gasteiger partial charge in [0.1, 0.15) is 5.75 Å². The van der Waals surface area contributed by atoms with E-state index >= 15 is 0 Å². The van der Waals surface area contributed by atoms with Crippen molar-refractivity contribution >= 4 is 5.91 Å². The lowest BCUT2D eigenvalue weighted by atomic mass is 10.1. The summed E-state index contributed by atoms with van der Waals surface area (Å²) in [5.74, 6) is 1.60. The molecule has 0 heterocycles. The maximum absolute atomic E-state index is 11.6. The molecule has 0 bridgehead atoms. The summed E-state index contributed by atoms with van der Waals surface area (Å²) < 4.78 is 5.32. The maximum Gasteiger partial charge on any atom is 0.220 e. The molecule has 0 saturated carbocycles. The van der Waals surface area contributed by atoms with Crippen LogP contribution in [0.5, 0.6) is 5.75 Å². The largest absolute Gasteiger partial charge is 0.496 e. The first-order valence-corrected chi connectivity index (χ1v) is 6.93. The molecule has 0 spiro atoms. The highest BCUT2D eigenvalue weighted by molar-refractivity contribution is 5.75. The lowest BCUT2D eigenvalue weighted by molar-refractivity contribution is -0.121. The Morgan fingerprint density at radius 2 is 2.11 bits per heavy atom. The fourth-order valence-electron chi connectivity index (χ4n) is 1.95. The van der Waals surface area contributed by atoms with E-state index < -0.39 is 0 Å². The molecule has 1 amide bonds. The smallest absolute Gasteiger partial charge is 0.220 e. The third kappa shape index (κ3) is 5.77. The van der Waals surface area contributed by atoms with Gasteiger partial charge in [-0.25, -0.2) is 0 Å². The number of amides is 1. The molecule has 0 fully saturated rings. The fraction of sp³-hybridized carbons (Fsp3) is 0.562. The second kappa shape index (κ2) is 7.82. The van der Waals surface area contributed by atoms with Crippen LogP contribution in [0.15, 0.2) is 18.2 Å². The topological polar surface area (TPSA) is 38.3 Å². The Morgan fingerprint density at radius 3 is 2.74 bits per heavy atom. The van der Waals surface area contributed by atoms with Gasteiger partial charge in [-0.05, 0) is 37.3 Å². The van der Waals surface area contributed by atoms with Crippen LogP contribution in [0, 0.1) is 12.8 Å². The Bertz CT molecular complexity index is 413. The van der Waals surface area contributed by atoms with Crippen LogP contribution in [0.2, 0.25) is 0 Å². The third-order valence-corrected chi connectivity index (χ3v) is 3.10. The molecule has 0 atom stereocenters. The Hall–Kier alpha value is -1.51. The summed E-state index contributed by atoms with van der Waals surface area (Å²) in [6.45, 7) is 6.98. The van der Waals surface area contributed by atoms with E-state index in [1.165, 1.54) is 5.56 Å². The molecule has 1 N–H and O–H groups in total. The standard InChI is InChI=1S/C16H25NO2/c1-12(2)5-8-16(18)17-10-9-14-11-13(3)6-7-15(14)19-4/h6-7,11-12H,5,8-10H2,1-4H3,(H,17,18). The van der Waals surface area contributed by atoms with Gasteiger partial charge in [-0.2, -0.15) is 0 Å². The summed E-state index contributed by atoms with van der Waals surface area (Å²) in [7, 11) is 1.68. The summed E-state index contributed by atoms with van der Waals surface area (Å²) in [6, 6.07) is 6.12. The molecule has 0 saturated heterocycles. The van der Waals surface area contributed by atoms with Crippen molar-refractivity contribution in [2.45, 2.75) is 40.0 Å². The summed E-state index contributed by atoms with van der Waals surface area (Å²) in [5.41, 5.74) is 2.36. The number of carbonyl (C=O) groups is 1. The number of nitrogens with one attached hydrogen (secondary N) is 1. The van der Waals surface area contributed by atoms with Crippen LogP contribution in [0.25, 0.3) is 0 Å². The minimum absolute atomic E-state index is 0.139. The van der Waals surface area contributed by atoms with Crippen molar-refractivity contribution in [3.05, 3.63) is 29.3 Å². The number of hydrogen-bond donors (Lipinski definition) is 1. The number of hydrogen-bond acceptors (Lipinski definition) is 2. The van der Waals surface area contributed by atoms with Crippen LogP contribution in [0.1, 0.15) is 37.8 Å². The first kappa shape index (κ1) is 15.5. The van der Waals surface area contributed by atoms with E-state index in [-0.39, 0.29) is 5.91 Å². The first-order chi connectivity index (χ1) is 9.02. The molecule has 0 aliphatic rings. The van der Waals surface area contributed by atoms with Crippen molar-refractivity contribution in [1.29, 1.82) is 0 Å². The average Bonchev–Trinajstić information content (AvgIpc) is 2.36. The van der Waals surface area contributed by atoms with Crippen molar-refractivity contribution < 1.29 is 9.53 Å². The lowest BCUT2D eigenvalue weighted by Gasteiger charge is -2.10. The van der Waals surface area contributed by atoms with E-state index in [9.17, 15) is 4.79 Å². The number of carbonyl (C=O) groups excluding carboxylic acids is 1. The number of ether oxygens (including phenoxy) is 1. The van der Waals surface area contributed by atoms with E-state index in [1.54, 1.807) is 7.11 Å². The van der Waals surface area contributed by atoms with Crippen molar-refractivity contribution in [2.24, 2.45) is 5.92 Å². The lowest BCUT2D eigenvalue weighted by Crippen LogP contribution is -2.25. The van der Waals surface area contributed by atoms with E-state index in [0.29, 0.717) is 18.9 Å². The Morgan fingerprint density at radius 1 is 1.37 bits per heavy atom. The quantitative estimate of drug-likeness (QED) is 0.821. The Kier molecular flexibility index (Phi) is 6.40. The van der Waals surface area contributed by atoms with Gasteiger partial charge >= 0.3 is 0 Å². The van der Waals surface area contributed by atoms with Crippen LogP contribution >= 0.6 is 0 Å². The fourth-order valence-corrected chi connectivity index (χ4v) is 1.95. The zero-order valence-electron chi connectivity index (χ0n) is 12.5. The molecular formula is C16H25NO2. The molecule has 0 unspecified atom stereocenters. The highest BCUT2D eigenvalue weighted by Crippen LogP contribution is 2.19. The summed E-state index contributed by atoms with van der Waals surface area (Å²) in [4.78, 5) is 11.6. The van der Waals surface area contributed by atoms with Gasteiger partial charge in [-0.15, -0.1) is 0 Å². The van der Waals surface area contributed by atoms with Crippen molar-refractivity contribution in [3.63, 3.8) is 0 Å². The van der Waals surface area contributed by atoms with Crippen molar-refractivity contribution in [3.8, 4) is 5.75 Å². The van der Waals surface area contributed by atoms with Crippen LogP contribution in [0.4, 0.5) is 0 Å². The van der Waals surface area contributed by atoms with Gasteiger partial charge < -0.3 is 10.1 Å². The SMILES string of the molecule is COc1ccc(C)cc1CCNC(=O)CCC(C)C. The van der Waals surface area contributed by atoms with Crippen molar-refractivity contribution in [1.82, 2.24) is 5.32 Å². The average molecular weight is 263 g/mol. The van der Waals surface area contributed by atoms with Crippen molar-refractivity contribution in [2.75, 3.05) is 13.7 Å². The minimum atomic E-state index is 0.139. The Labute approximate surface area is 116 Å². The predicted molar refractivity (Wildman–Crippen MR) is 78.5 cm³/mol. The molecule has 3 nitrogen and oxygen atoms in total. The molecular weight excluding hydrogens is 238 g/mol. The van der Waals surface area contributed by atoms with Crippen LogP contribution in [0.3, 0.4) is 0 Å². The molecule has 0 aliphatic heterocycles. The molecule has 0 aliphatic carbocycles. The van der Waals surface area contributed by atoms with E-state index in [4.69, 9.17) is 4.74 Å². The highest BCUT2D eigenvalue weighted by atomic mass is 16.5. The Balaban J connectivity index is 2.40. The maximum atomic E-state index is 11.6. The van der Waals surface area contributed by atoms with Gasteiger partial charge in [0.05, 0.1) is 7.11 Å². The second-order valence-electron chi connectivity index (χ2n) is 5.35. The van der Waals surface area contributed by atoms with Crippen LogP contribution in [-0.4, -0.2) is 19.6 Å². The predicted octanol–water partition coefficient (Wildman–Crippen LogP) is 3.10. The van der Waals surface area contributed by atoms with E-state index in [0.717, 1.165) is 24.2 Å². The molecule has 0 radical (unpaired) electrons. The third-order valence-electron chi connectivity index (χ3n) is 3.10. The summed E-state index contributed by atoms with van der Waals surface area (Å²) in [5, 5.41) is 2.96. The second-order valence-corrected chi connectivity index (χ2v) is 5.35. The van der Waals surface area contributed by atoms with E-state index in [1.807, 2.05) is 12.1 Å². The van der Waals surface area contributed by atoms with Gasteiger partial charge in [0.25, 0.3) is 0 Å². The number of benzene rings is 1. The van der Waals surface area contributed by atoms with Gasteiger partial charge in [0.15, 0.2) is 0 Å². The molecule has 1 rings (SSSR count). The molecule has 1 aromatic rings. The summed E-state index contributed by atoms with van der Waals surface area (Å²) >= 11 is 0.